The summed E-state index contributed by atoms with van der Waals surface area (Å²) in [6.07, 6.45) is 1.01. The van der Waals surface area contributed by atoms with Crippen LogP contribution in [0.4, 0.5) is 0 Å². The van der Waals surface area contributed by atoms with Gasteiger partial charge >= 0.3 is 0 Å². The van der Waals surface area contributed by atoms with Crippen molar-refractivity contribution in [2.45, 2.75) is 19.4 Å². The summed E-state index contributed by atoms with van der Waals surface area (Å²) in [5.41, 5.74) is 2.15. The number of nitrogens with zero attached hydrogens (tertiary/aromatic N) is 1. The lowest BCUT2D eigenvalue weighted by Gasteiger charge is -2.17. The number of likely N-dealkylation sites (tertiary alicyclic amines) is 1. The average Bonchev–Trinajstić information content (AvgIpc) is 3.09. The molecule has 1 fully saturated rings. The number of nitrogens with one attached hydrogen (secondary N) is 1. The summed E-state index contributed by atoms with van der Waals surface area (Å²) in [6.45, 7) is 1.52. The minimum Gasteiger partial charge on any atom is -0.497 e. The third-order valence-corrected chi connectivity index (χ3v) is 4.99. The first-order chi connectivity index (χ1) is 13.6. The molecule has 1 N–H and O–H groups in total. The first-order valence-corrected chi connectivity index (χ1v) is 9.40. The number of ether oxygens (including phenoxy) is 2. The Morgan fingerprint density at radius 2 is 1.57 bits per heavy atom. The van der Waals surface area contributed by atoms with Gasteiger partial charge in [-0.25, -0.2) is 0 Å². The summed E-state index contributed by atoms with van der Waals surface area (Å²) >= 11 is 0. The number of benzene rings is 2. The summed E-state index contributed by atoms with van der Waals surface area (Å²) in [7, 11) is 3.26. The molecular formula is C22H26N2O4. The Balaban J connectivity index is 1.46. The summed E-state index contributed by atoms with van der Waals surface area (Å²) in [5.74, 6) is 1.27. The molecule has 6 nitrogen and oxygen atoms in total. The van der Waals surface area contributed by atoms with Crippen LogP contribution in [0.2, 0.25) is 0 Å². The molecule has 1 atom stereocenters. The van der Waals surface area contributed by atoms with Gasteiger partial charge in [-0.05, 0) is 41.8 Å². The van der Waals surface area contributed by atoms with Crippen molar-refractivity contribution in [3.63, 3.8) is 0 Å². The van der Waals surface area contributed by atoms with Crippen molar-refractivity contribution < 1.29 is 19.1 Å². The molecule has 1 saturated heterocycles. The van der Waals surface area contributed by atoms with Gasteiger partial charge in [-0.3, -0.25) is 9.59 Å². The van der Waals surface area contributed by atoms with E-state index >= 15 is 0 Å². The largest absolute Gasteiger partial charge is 0.497 e. The molecule has 3 rings (SSSR count). The van der Waals surface area contributed by atoms with Crippen LogP contribution in [0.5, 0.6) is 11.5 Å². The van der Waals surface area contributed by atoms with Gasteiger partial charge in [-0.1, -0.05) is 24.3 Å². The number of hydrogen-bond acceptors (Lipinski definition) is 4. The van der Waals surface area contributed by atoms with Crippen molar-refractivity contribution in [2.24, 2.45) is 5.92 Å². The Labute approximate surface area is 165 Å². The fraction of sp³-hybridized carbons (Fsp3) is 0.364. The first kappa shape index (κ1) is 19.7. The van der Waals surface area contributed by atoms with Gasteiger partial charge in [0.25, 0.3) is 0 Å². The van der Waals surface area contributed by atoms with Crippen LogP contribution in [0.3, 0.4) is 0 Å². The Morgan fingerprint density at radius 3 is 2.14 bits per heavy atom. The molecule has 0 bridgehead atoms. The van der Waals surface area contributed by atoms with Gasteiger partial charge < -0.3 is 19.7 Å². The number of rotatable bonds is 8. The van der Waals surface area contributed by atoms with Crippen LogP contribution >= 0.6 is 0 Å². The lowest BCUT2D eigenvalue weighted by molar-refractivity contribution is -0.129. The van der Waals surface area contributed by atoms with Gasteiger partial charge in [-0.15, -0.1) is 0 Å². The van der Waals surface area contributed by atoms with E-state index in [0.29, 0.717) is 19.6 Å². The van der Waals surface area contributed by atoms with E-state index in [1.807, 2.05) is 48.5 Å². The maximum Gasteiger partial charge on any atom is 0.225 e. The van der Waals surface area contributed by atoms with E-state index in [9.17, 15) is 9.59 Å². The smallest absolute Gasteiger partial charge is 0.225 e. The van der Waals surface area contributed by atoms with E-state index in [1.165, 1.54) is 0 Å². The summed E-state index contributed by atoms with van der Waals surface area (Å²) < 4.78 is 10.3. The standard InChI is InChI=1S/C22H26N2O4/c1-27-19-7-3-16(4-8-19)11-12-23-22(26)18-13-21(25)24(15-18)14-17-5-9-20(28-2)10-6-17/h3-10,18H,11-15H2,1-2H3,(H,23,26). The molecule has 2 aromatic carbocycles. The maximum atomic E-state index is 12.4. The fourth-order valence-corrected chi connectivity index (χ4v) is 3.32. The van der Waals surface area contributed by atoms with Gasteiger partial charge in [0.15, 0.2) is 0 Å². The second-order valence-electron chi connectivity index (χ2n) is 6.91. The predicted molar refractivity (Wildman–Crippen MR) is 106 cm³/mol. The second kappa shape index (κ2) is 9.26. The molecule has 1 heterocycles. The zero-order valence-corrected chi connectivity index (χ0v) is 16.3. The van der Waals surface area contributed by atoms with Crippen LogP contribution in [0.1, 0.15) is 17.5 Å². The second-order valence-corrected chi connectivity index (χ2v) is 6.91. The molecule has 148 valence electrons. The summed E-state index contributed by atoms with van der Waals surface area (Å²) in [5, 5.41) is 2.96. The van der Waals surface area contributed by atoms with Gasteiger partial charge in [0.2, 0.25) is 11.8 Å². The van der Waals surface area contributed by atoms with Crippen molar-refractivity contribution in [1.29, 1.82) is 0 Å². The quantitative estimate of drug-likeness (QED) is 0.761. The highest BCUT2D eigenvalue weighted by Crippen LogP contribution is 2.21. The Kier molecular flexibility index (Phi) is 6.53. The van der Waals surface area contributed by atoms with E-state index in [-0.39, 0.29) is 24.2 Å². The molecule has 0 aromatic heterocycles. The zero-order valence-electron chi connectivity index (χ0n) is 16.3. The molecule has 1 aliphatic rings. The molecule has 1 unspecified atom stereocenters. The minimum atomic E-state index is -0.290. The SMILES string of the molecule is COc1ccc(CCNC(=O)C2CC(=O)N(Cc3ccc(OC)cc3)C2)cc1. The number of methoxy groups -OCH3 is 2. The lowest BCUT2D eigenvalue weighted by atomic mass is 10.1. The molecule has 0 aliphatic carbocycles. The third-order valence-electron chi connectivity index (χ3n) is 4.99. The van der Waals surface area contributed by atoms with E-state index in [1.54, 1.807) is 19.1 Å². The third kappa shape index (κ3) is 5.03. The zero-order chi connectivity index (χ0) is 19.9. The van der Waals surface area contributed by atoms with E-state index < -0.39 is 0 Å². The summed E-state index contributed by atoms with van der Waals surface area (Å²) in [6, 6.07) is 15.4. The number of carbonyl (C=O) groups is 2. The van der Waals surface area contributed by atoms with Crippen molar-refractivity contribution in [3.05, 3.63) is 59.7 Å². The van der Waals surface area contributed by atoms with Crippen molar-refractivity contribution in [3.8, 4) is 11.5 Å². The van der Waals surface area contributed by atoms with Gasteiger partial charge in [0, 0.05) is 26.1 Å². The molecule has 0 spiro atoms. The molecule has 2 aromatic rings. The normalized spacial score (nSPS) is 16.1. The molecule has 0 saturated carbocycles. The Bertz CT molecular complexity index is 802. The Hall–Kier alpha value is -3.02. The van der Waals surface area contributed by atoms with Crippen LogP contribution in [0.25, 0.3) is 0 Å². The highest BCUT2D eigenvalue weighted by molar-refractivity contribution is 5.89. The van der Waals surface area contributed by atoms with Crippen LogP contribution in [0, 0.1) is 5.92 Å². The maximum absolute atomic E-state index is 12.4. The van der Waals surface area contributed by atoms with Crippen LogP contribution in [0.15, 0.2) is 48.5 Å². The number of hydrogen-bond donors (Lipinski definition) is 1. The number of carbonyl (C=O) groups excluding carboxylic acids is 2. The van der Waals surface area contributed by atoms with Gasteiger partial charge in [0.1, 0.15) is 11.5 Å². The monoisotopic (exact) mass is 382 g/mol. The Morgan fingerprint density at radius 1 is 1.00 bits per heavy atom. The lowest BCUT2D eigenvalue weighted by Crippen LogP contribution is -2.34. The first-order valence-electron chi connectivity index (χ1n) is 9.40. The topological polar surface area (TPSA) is 67.9 Å². The predicted octanol–water partition coefficient (Wildman–Crippen LogP) is 2.41. The van der Waals surface area contributed by atoms with Gasteiger partial charge in [-0.2, -0.15) is 0 Å². The molecule has 28 heavy (non-hydrogen) atoms. The van der Waals surface area contributed by atoms with E-state index in [0.717, 1.165) is 29.0 Å². The van der Waals surface area contributed by atoms with Crippen LogP contribution in [-0.4, -0.2) is 44.0 Å². The molecule has 0 radical (unpaired) electrons. The highest BCUT2D eigenvalue weighted by Gasteiger charge is 2.34. The fourth-order valence-electron chi connectivity index (χ4n) is 3.32. The molecule has 2 amide bonds. The molecule has 1 aliphatic heterocycles. The minimum absolute atomic E-state index is 0.0196. The van der Waals surface area contributed by atoms with Crippen molar-refractivity contribution >= 4 is 11.8 Å². The van der Waals surface area contributed by atoms with Crippen LogP contribution < -0.4 is 14.8 Å². The molecular weight excluding hydrogens is 356 g/mol. The number of amides is 2. The van der Waals surface area contributed by atoms with E-state index in [4.69, 9.17) is 9.47 Å². The van der Waals surface area contributed by atoms with E-state index in [2.05, 4.69) is 5.32 Å². The molecule has 6 heteroatoms. The summed E-state index contributed by atoms with van der Waals surface area (Å²) in [4.78, 5) is 26.5. The van der Waals surface area contributed by atoms with Gasteiger partial charge in [0.05, 0.1) is 20.1 Å². The highest BCUT2D eigenvalue weighted by atomic mass is 16.5. The van der Waals surface area contributed by atoms with Crippen LogP contribution in [-0.2, 0) is 22.6 Å². The van der Waals surface area contributed by atoms with Crippen molar-refractivity contribution in [2.75, 3.05) is 27.3 Å². The van der Waals surface area contributed by atoms with Crippen molar-refractivity contribution in [1.82, 2.24) is 10.2 Å². The average molecular weight is 382 g/mol.